The molecule has 0 fully saturated rings. The van der Waals surface area contributed by atoms with Gasteiger partial charge in [-0.1, -0.05) is 12.5 Å². The number of carbonyl (C=O) groups excluding carboxylic acids is 1. The number of nitrogens with zero attached hydrogens (tertiary/aromatic N) is 1. The SMILES string of the molecule is C=C(C)CC(C)C(=O)Nn1ccc(=O)[nH]c1=O. The van der Waals surface area contributed by atoms with E-state index < -0.39 is 11.2 Å². The standard InChI is InChI=1S/C11H15N3O3/c1-7(2)6-8(3)10(16)13-14-5-4-9(15)12-11(14)17/h4-5,8H,1,6H2,2-3H3,(H,13,16)(H,12,15,17). The van der Waals surface area contributed by atoms with Crippen LogP contribution in [0.4, 0.5) is 0 Å². The third kappa shape index (κ3) is 3.75. The molecule has 1 rings (SSSR count). The predicted octanol–water partition coefficient (Wildman–Crippen LogP) is 0.209. The highest BCUT2D eigenvalue weighted by atomic mass is 16.2. The minimum absolute atomic E-state index is 0.286. The number of aromatic nitrogens is 2. The predicted molar refractivity (Wildman–Crippen MR) is 64.3 cm³/mol. The van der Waals surface area contributed by atoms with Crippen molar-refractivity contribution in [1.29, 1.82) is 0 Å². The minimum atomic E-state index is -0.673. The van der Waals surface area contributed by atoms with Crippen molar-refractivity contribution in [3.05, 3.63) is 45.3 Å². The summed E-state index contributed by atoms with van der Waals surface area (Å²) in [6.07, 6.45) is 1.76. The van der Waals surface area contributed by atoms with Gasteiger partial charge in [0.05, 0.1) is 0 Å². The van der Waals surface area contributed by atoms with Crippen molar-refractivity contribution in [3.63, 3.8) is 0 Å². The molecule has 6 heteroatoms. The highest BCUT2D eigenvalue weighted by molar-refractivity contribution is 5.85. The Morgan fingerprint density at radius 3 is 2.76 bits per heavy atom. The van der Waals surface area contributed by atoms with Crippen LogP contribution >= 0.6 is 0 Å². The number of carbonyl (C=O) groups is 1. The average Bonchev–Trinajstić information content (AvgIpc) is 2.21. The van der Waals surface area contributed by atoms with Crippen LogP contribution in [0.3, 0.4) is 0 Å². The molecular weight excluding hydrogens is 222 g/mol. The van der Waals surface area contributed by atoms with E-state index >= 15 is 0 Å². The molecule has 1 heterocycles. The van der Waals surface area contributed by atoms with Crippen molar-refractivity contribution in [2.75, 3.05) is 5.43 Å². The van der Waals surface area contributed by atoms with E-state index in [0.29, 0.717) is 6.42 Å². The van der Waals surface area contributed by atoms with Crippen LogP contribution in [0.15, 0.2) is 34.0 Å². The molecule has 1 aromatic heterocycles. The Hall–Kier alpha value is -2.11. The van der Waals surface area contributed by atoms with Crippen LogP contribution < -0.4 is 16.7 Å². The quantitative estimate of drug-likeness (QED) is 0.734. The lowest BCUT2D eigenvalue weighted by Crippen LogP contribution is -2.39. The summed E-state index contributed by atoms with van der Waals surface area (Å²) in [4.78, 5) is 35.8. The van der Waals surface area contributed by atoms with Gasteiger partial charge < -0.3 is 0 Å². The van der Waals surface area contributed by atoms with Crippen molar-refractivity contribution < 1.29 is 4.79 Å². The van der Waals surface area contributed by atoms with E-state index in [1.54, 1.807) is 6.92 Å². The Kier molecular flexibility index (Phi) is 4.03. The summed E-state index contributed by atoms with van der Waals surface area (Å²) in [5.41, 5.74) is 2.11. The monoisotopic (exact) mass is 237 g/mol. The maximum atomic E-state index is 11.7. The molecule has 1 unspecified atom stereocenters. The fourth-order valence-electron chi connectivity index (χ4n) is 1.35. The van der Waals surface area contributed by atoms with E-state index in [1.807, 2.05) is 11.9 Å². The summed E-state index contributed by atoms with van der Waals surface area (Å²) in [6, 6.07) is 1.16. The van der Waals surface area contributed by atoms with Crippen LogP contribution in [0.1, 0.15) is 20.3 Å². The molecule has 0 aliphatic rings. The molecule has 0 bridgehead atoms. The number of H-pyrrole nitrogens is 1. The van der Waals surface area contributed by atoms with Gasteiger partial charge in [-0.3, -0.25) is 20.0 Å². The molecule has 17 heavy (non-hydrogen) atoms. The third-order valence-corrected chi connectivity index (χ3v) is 2.16. The van der Waals surface area contributed by atoms with E-state index in [2.05, 4.69) is 12.0 Å². The lowest BCUT2D eigenvalue weighted by atomic mass is 10.0. The zero-order valence-electron chi connectivity index (χ0n) is 9.82. The second kappa shape index (κ2) is 5.29. The van der Waals surface area contributed by atoms with Crippen LogP contribution in [0.5, 0.6) is 0 Å². The summed E-state index contributed by atoms with van der Waals surface area (Å²) >= 11 is 0. The van der Waals surface area contributed by atoms with Gasteiger partial charge in [0.2, 0.25) is 5.91 Å². The molecule has 6 nitrogen and oxygen atoms in total. The molecule has 92 valence electrons. The minimum Gasteiger partial charge on any atom is -0.273 e. The van der Waals surface area contributed by atoms with E-state index in [-0.39, 0.29) is 11.8 Å². The van der Waals surface area contributed by atoms with Gasteiger partial charge in [-0.15, -0.1) is 6.58 Å². The normalized spacial score (nSPS) is 11.9. The maximum Gasteiger partial charge on any atom is 0.347 e. The van der Waals surface area contributed by atoms with Crippen molar-refractivity contribution in [2.45, 2.75) is 20.3 Å². The van der Waals surface area contributed by atoms with Gasteiger partial charge >= 0.3 is 5.69 Å². The molecule has 1 aromatic rings. The smallest absolute Gasteiger partial charge is 0.273 e. The second-order valence-electron chi connectivity index (χ2n) is 4.02. The Bertz CT molecular complexity index is 541. The largest absolute Gasteiger partial charge is 0.347 e. The number of allylic oxidation sites excluding steroid dienone is 1. The Labute approximate surface area is 98.0 Å². The first-order valence-electron chi connectivity index (χ1n) is 5.17. The highest BCUT2D eigenvalue weighted by Crippen LogP contribution is 2.08. The molecule has 0 saturated heterocycles. The lowest BCUT2D eigenvalue weighted by molar-refractivity contribution is -0.120. The van der Waals surface area contributed by atoms with Crippen LogP contribution in [0, 0.1) is 5.92 Å². The summed E-state index contributed by atoms with van der Waals surface area (Å²) in [6.45, 7) is 7.28. The summed E-state index contributed by atoms with van der Waals surface area (Å²) in [5.74, 6) is -0.589. The molecule has 0 aliphatic carbocycles. The molecule has 1 atom stereocenters. The van der Waals surface area contributed by atoms with Crippen LogP contribution in [-0.4, -0.2) is 15.6 Å². The molecule has 2 N–H and O–H groups in total. The second-order valence-corrected chi connectivity index (χ2v) is 4.02. The first-order chi connectivity index (χ1) is 7.90. The fourth-order valence-corrected chi connectivity index (χ4v) is 1.35. The van der Waals surface area contributed by atoms with Crippen molar-refractivity contribution in [3.8, 4) is 0 Å². The van der Waals surface area contributed by atoms with Crippen LogP contribution in [-0.2, 0) is 4.79 Å². The van der Waals surface area contributed by atoms with E-state index in [4.69, 9.17) is 0 Å². The van der Waals surface area contributed by atoms with Gasteiger partial charge in [-0.2, -0.15) is 0 Å². The van der Waals surface area contributed by atoms with E-state index in [0.717, 1.165) is 16.3 Å². The first-order valence-corrected chi connectivity index (χ1v) is 5.17. The van der Waals surface area contributed by atoms with Crippen molar-refractivity contribution in [1.82, 2.24) is 9.66 Å². The average molecular weight is 237 g/mol. The van der Waals surface area contributed by atoms with Gasteiger partial charge in [-0.05, 0) is 13.3 Å². The summed E-state index contributed by atoms with van der Waals surface area (Å²) in [7, 11) is 0. The first kappa shape index (κ1) is 13.0. The number of hydrogen-bond acceptors (Lipinski definition) is 3. The highest BCUT2D eigenvalue weighted by Gasteiger charge is 2.13. The van der Waals surface area contributed by atoms with E-state index in [1.165, 1.54) is 6.20 Å². The Balaban J connectivity index is 2.78. The number of nitrogens with one attached hydrogen (secondary N) is 2. The van der Waals surface area contributed by atoms with Crippen molar-refractivity contribution >= 4 is 5.91 Å². The van der Waals surface area contributed by atoms with Crippen LogP contribution in [0.2, 0.25) is 0 Å². The molecule has 0 spiro atoms. The molecule has 0 radical (unpaired) electrons. The van der Waals surface area contributed by atoms with Crippen molar-refractivity contribution in [2.24, 2.45) is 5.92 Å². The Morgan fingerprint density at radius 1 is 1.59 bits per heavy atom. The zero-order valence-corrected chi connectivity index (χ0v) is 9.82. The van der Waals surface area contributed by atoms with E-state index in [9.17, 15) is 14.4 Å². The van der Waals surface area contributed by atoms with Crippen LogP contribution in [0.25, 0.3) is 0 Å². The fraction of sp³-hybridized carbons (Fsp3) is 0.364. The van der Waals surface area contributed by atoms with Gasteiger partial charge in [-0.25, -0.2) is 9.47 Å². The Morgan fingerprint density at radius 2 is 2.24 bits per heavy atom. The summed E-state index contributed by atoms with van der Waals surface area (Å²) in [5, 5.41) is 0. The third-order valence-electron chi connectivity index (χ3n) is 2.16. The lowest BCUT2D eigenvalue weighted by Gasteiger charge is -2.12. The van der Waals surface area contributed by atoms with Gasteiger partial charge in [0, 0.05) is 18.2 Å². The van der Waals surface area contributed by atoms with Gasteiger partial charge in [0.1, 0.15) is 0 Å². The number of rotatable bonds is 4. The molecule has 0 saturated carbocycles. The zero-order chi connectivity index (χ0) is 13.0. The number of aromatic amines is 1. The molecular formula is C11H15N3O3. The molecule has 0 aromatic carbocycles. The molecule has 0 aliphatic heterocycles. The van der Waals surface area contributed by atoms with Gasteiger partial charge in [0.25, 0.3) is 5.56 Å². The van der Waals surface area contributed by atoms with Gasteiger partial charge in [0.15, 0.2) is 0 Å². The maximum absolute atomic E-state index is 11.7. The molecule has 1 amide bonds. The number of hydrogen-bond donors (Lipinski definition) is 2. The number of amides is 1. The topological polar surface area (TPSA) is 84.0 Å². The summed E-state index contributed by atoms with van der Waals surface area (Å²) < 4.78 is 0.943.